The van der Waals surface area contributed by atoms with E-state index in [9.17, 15) is 0 Å². The summed E-state index contributed by atoms with van der Waals surface area (Å²) in [5.41, 5.74) is 4.24. The van der Waals surface area contributed by atoms with Crippen molar-refractivity contribution in [1.29, 1.82) is 0 Å². The van der Waals surface area contributed by atoms with E-state index >= 15 is 0 Å². The third-order valence-corrected chi connectivity index (χ3v) is 4.90. The minimum atomic E-state index is -2.05. The van der Waals surface area contributed by atoms with E-state index in [1.54, 1.807) is 24.4 Å². The smallest absolute Gasteiger partial charge is 0.119 e. The van der Waals surface area contributed by atoms with Gasteiger partial charge in [0, 0.05) is 44.7 Å². The fourth-order valence-corrected chi connectivity index (χ4v) is 3.61. The molecule has 1 N–H and O–H groups in total. The van der Waals surface area contributed by atoms with E-state index in [1.807, 2.05) is 30.3 Å². The number of ether oxygens (including phenoxy) is 1. The standard InChI is InChI=1S/C20H23N3O/c1-23-11-3-4-15(23)12-18-17-13-16(24-2)5-6-19(17)22-20(18)14-7-9-21-10-8-14/h5-10,13,15,22H,3-4,11-12H2,1-2H3/t15-/m1/s1/i1D3. The number of pyridine rings is 1. The zero-order valence-corrected chi connectivity index (χ0v) is 13.7. The van der Waals surface area contributed by atoms with Gasteiger partial charge < -0.3 is 14.6 Å². The molecular weight excluding hydrogens is 298 g/mol. The second kappa shape index (κ2) is 6.29. The predicted octanol–water partition coefficient (Wildman–Crippen LogP) is 3.88. The molecule has 0 bridgehead atoms. The zero-order valence-electron chi connectivity index (χ0n) is 16.7. The number of rotatable bonds is 4. The lowest BCUT2D eigenvalue weighted by Gasteiger charge is -2.20. The Morgan fingerprint density at radius 2 is 2.21 bits per heavy atom. The SMILES string of the molecule is [2H]C([2H])([2H])N1CCC[C@@H]1Cc1c(-c2ccncc2)[nH]c2ccc(OC)cc12. The van der Waals surface area contributed by atoms with Crippen LogP contribution in [-0.4, -0.2) is 41.5 Å². The number of aromatic amines is 1. The lowest BCUT2D eigenvalue weighted by atomic mass is 9.98. The summed E-state index contributed by atoms with van der Waals surface area (Å²) in [5, 5.41) is 1.08. The first-order valence-electron chi connectivity index (χ1n) is 9.83. The minimum Gasteiger partial charge on any atom is -0.497 e. The second-order valence-corrected chi connectivity index (χ2v) is 6.32. The van der Waals surface area contributed by atoms with Gasteiger partial charge >= 0.3 is 0 Å². The first kappa shape index (κ1) is 12.1. The van der Waals surface area contributed by atoms with Gasteiger partial charge in [0.2, 0.25) is 0 Å². The number of nitrogens with one attached hydrogen (secondary N) is 1. The van der Waals surface area contributed by atoms with Gasteiger partial charge in [-0.25, -0.2) is 0 Å². The van der Waals surface area contributed by atoms with Gasteiger partial charge in [-0.05, 0) is 68.7 Å². The summed E-state index contributed by atoms with van der Waals surface area (Å²) >= 11 is 0. The zero-order chi connectivity index (χ0) is 19.0. The molecule has 3 aromatic rings. The summed E-state index contributed by atoms with van der Waals surface area (Å²) in [5.74, 6) is 0.795. The maximum atomic E-state index is 7.86. The molecule has 1 aliphatic heterocycles. The van der Waals surface area contributed by atoms with Crippen molar-refractivity contribution in [1.82, 2.24) is 14.9 Å². The van der Waals surface area contributed by atoms with Crippen LogP contribution in [-0.2, 0) is 6.42 Å². The number of nitrogens with zero attached hydrogens (tertiary/aromatic N) is 2. The van der Waals surface area contributed by atoms with Crippen LogP contribution in [0.25, 0.3) is 22.2 Å². The van der Waals surface area contributed by atoms with Gasteiger partial charge in [0.05, 0.1) is 7.11 Å². The Morgan fingerprint density at radius 1 is 1.33 bits per heavy atom. The number of fused-ring (bicyclic) bond motifs is 1. The summed E-state index contributed by atoms with van der Waals surface area (Å²) in [6.07, 6.45) is 6.04. The highest BCUT2D eigenvalue weighted by atomic mass is 16.5. The number of likely N-dealkylation sites (tertiary alicyclic amines) is 1. The summed E-state index contributed by atoms with van der Waals surface area (Å²) in [4.78, 5) is 9.30. The molecule has 1 aromatic carbocycles. The topological polar surface area (TPSA) is 41.2 Å². The van der Waals surface area contributed by atoms with Crippen molar-refractivity contribution in [3.63, 3.8) is 0 Å². The number of aromatic nitrogens is 2. The fourth-order valence-electron chi connectivity index (χ4n) is 3.61. The summed E-state index contributed by atoms with van der Waals surface area (Å²) in [7, 11) is 1.66. The van der Waals surface area contributed by atoms with Gasteiger partial charge in [0.15, 0.2) is 0 Å². The first-order valence-corrected chi connectivity index (χ1v) is 8.33. The van der Waals surface area contributed by atoms with Crippen molar-refractivity contribution in [3.8, 4) is 17.0 Å². The van der Waals surface area contributed by atoms with Crippen LogP contribution in [0.3, 0.4) is 0 Å². The Bertz CT molecular complexity index is 937. The van der Waals surface area contributed by atoms with Crippen molar-refractivity contribution in [2.24, 2.45) is 0 Å². The van der Waals surface area contributed by atoms with Gasteiger partial charge in [-0.1, -0.05) is 0 Å². The van der Waals surface area contributed by atoms with E-state index in [-0.39, 0.29) is 6.04 Å². The number of likely N-dealkylation sites (N-methyl/N-ethyl adjacent to an activating group) is 1. The van der Waals surface area contributed by atoms with Crippen molar-refractivity contribution in [2.75, 3.05) is 20.6 Å². The highest BCUT2D eigenvalue weighted by molar-refractivity contribution is 5.91. The van der Waals surface area contributed by atoms with Gasteiger partial charge in [-0.3, -0.25) is 4.98 Å². The third kappa shape index (κ3) is 2.67. The maximum Gasteiger partial charge on any atom is 0.119 e. The second-order valence-electron chi connectivity index (χ2n) is 6.32. The molecule has 1 aliphatic rings. The van der Waals surface area contributed by atoms with Crippen molar-refractivity contribution >= 4 is 10.9 Å². The van der Waals surface area contributed by atoms with E-state index in [2.05, 4.69) is 9.97 Å². The highest BCUT2D eigenvalue weighted by Crippen LogP contribution is 2.34. The van der Waals surface area contributed by atoms with Crippen LogP contribution >= 0.6 is 0 Å². The number of methoxy groups -OCH3 is 1. The van der Waals surface area contributed by atoms with Gasteiger partial charge in [-0.15, -0.1) is 0 Å². The molecule has 1 atom stereocenters. The van der Waals surface area contributed by atoms with Crippen LogP contribution in [0, 0.1) is 0 Å². The van der Waals surface area contributed by atoms with E-state index in [0.717, 1.165) is 46.3 Å². The molecule has 2 aromatic heterocycles. The van der Waals surface area contributed by atoms with E-state index in [1.165, 1.54) is 0 Å². The number of H-pyrrole nitrogens is 1. The number of benzene rings is 1. The Labute approximate surface area is 146 Å². The molecule has 3 heterocycles. The largest absolute Gasteiger partial charge is 0.497 e. The molecule has 0 amide bonds. The molecule has 1 saturated heterocycles. The minimum absolute atomic E-state index is 0.00304. The lowest BCUT2D eigenvalue weighted by molar-refractivity contribution is 0.310. The van der Waals surface area contributed by atoms with Crippen LogP contribution in [0.4, 0.5) is 0 Å². The molecule has 0 unspecified atom stereocenters. The molecule has 24 heavy (non-hydrogen) atoms. The molecule has 4 nitrogen and oxygen atoms in total. The molecule has 0 spiro atoms. The van der Waals surface area contributed by atoms with Crippen LogP contribution in [0.2, 0.25) is 0 Å². The summed E-state index contributed by atoms with van der Waals surface area (Å²) < 4.78 is 29.0. The molecule has 0 radical (unpaired) electrons. The van der Waals surface area contributed by atoms with Gasteiger partial charge in [-0.2, -0.15) is 0 Å². The van der Waals surface area contributed by atoms with Crippen LogP contribution in [0.5, 0.6) is 5.75 Å². The predicted molar refractivity (Wildman–Crippen MR) is 97.4 cm³/mol. The molecule has 1 fully saturated rings. The Kier molecular flexibility index (Phi) is 3.17. The summed E-state index contributed by atoms with van der Waals surface area (Å²) in [6, 6.07) is 9.93. The van der Waals surface area contributed by atoms with Gasteiger partial charge in [0.25, 0.3) is 0 Å². The molecule has 0 saturated carbocycles. The Hall–Kier alpha value is -2.33. The number of hydrogen-bond acceptors (Lipinski definition) is 3. The van der Waals surface area contributed by atoms with Crippen LogP contribution < -0.4 is 4.74 Å². The fraction of sp³-hybridized carbons (Fsp3) is 0.350. The van der Waals surface area contributed by atoms with Crippen molar-refractivity contribution in [2.45, 2.75) is 25.3 Å². The normalized spacial score (nSPS) is 20.7. The first-order chi connectivity index (χ1) is 13.0. The monoisotopic (exact) mass is 324 g/mol. The average molecular weight is 324 g/mol. The van der Waals surface area contributed by atoms with E-state index in [4.69, 9.17) is 8.85 Å². The van der Waals surface area contributed by atoms with E-state index < -0.39 is 6.98 Å². The van der Waals surface area contributed by atoms with Crippen molar-refractivity contribution < 1.29 is 8.85 Å². The quantitative estimate of drug-likeness (QED) is 0.792. The summed E-state index contributed by atoms with van der Waals surface area (Å²) in [6.45, 7) is -1.43. The Balaban J connectivity index is 1.82. The van der Waals surface area contributed by atoms with E-state index in [0.29, 0.717) is 13.0 Å². The third-order valence-electron chi connectivity index (χ3n) is 4.90. The van der Waals surface area contributed by atoms with Gasteiger partial charge in [0.1, 0.15) is 5.75 Å². The average Bonchev–Trinajstić information content (AvgIpc) is 3.27. The Morgan fingerprint density at radius 3 is 3.00 bits per heavy atom. The molecule has 124 valence electrons. The van der Waals surface area contributed by atoms with Crippen LogP contribution in [0.1, 0.15) is 22.5 Å². The number of hydrogen-bond donors (Lipinski definition) is 1. The van der Waals surface area contributed by atoms with Crippen LogP contribution in [0.15, 0.2) is 42.7 Å². The highest BCUT2D eigenvalue weighted by Gasteiger charge is 2.24. The molecule has 0 aliphatic carbocycles. The van der Waals surface area contributed by atoms with Crippen molar-refractivity contribution in [3.05, 3.63) is 48.3 Å². The maximum absolute atomic E-state index is 7.86. The molecular formula is C20H23N3O. The lowest BCUT2D eigenvalue weighted by Crippen LogP contribution is -2.26. The molecule has 4 rings (SSSR count). The molecule has 4 heteroatoms.